The minimum atomic E-state index is -4.33. The molecule has 196 valence electrons. The van der Waals surface area contributed by atoms with Crippen LogP contribution in [0.15, 0.2) is 0 Å². The Morgan fingerprint density at radius 1 is 0.788 bits per heavy atom. The number of unbranched alkanes of at least 4 members (excludes halogenated alkanes) is 10. The van der Waals surface area contributed by atoms with Crippen molar-refractivity contribution < 1.29 is 37.6 Å². The van der Waals surface area contributed by atoms with Crippen LogP contribution in [0.1, 0.15) is 104 Å². The van der Waals surface area contributed by atoms with Gasteiger partial charge < -0.3 is 20.1 Å². The summed E-state index contributed by atoms with van der Waals surface area (Å²) < 4.78 is 32.0. The van der Waals surface area contributed by atoms with Crippen molar-refractivity contribution in [2.75, 3.05) is 26.4 Å². The van der Waals surface area contributed by atoms with Gasteiger partial charge in [-0.25, -0.2) is 4.57 Å². The Hall–Kier alpha value is -0.990. The van der Waals surface area contributed by atoms with Crippen LogP contribution in [0, 0.1) is 0 Å². The molecule has 2 atom stereocenters. The first kappa shape index (κ1) is 32.0. The first-order chi connectivity index (χ1) is 15.8. The van der Waals surface area contributed by atoms with E-state index in [1.165, 1.54) is 19.3 Å². The van der Waals surface area contributed by atoms with Crippen molar-refractivity contribution >= 4 is 19.8 Å². The summed E-state index contributed by atoms with van der Waals surface area (Å²) >= 11 is 0. The normalized spacial score (nSPS) is 13.9. The standard InChI is InChI=1S/C23H46NO8P/c1-3-5-7-9-11-13-15-22(25)29-19-21(20-31-33(27,28)30-18-17-24)32-23(26)16-14-12-10-8-6-4-2/h21H,3-20,24H2,1-2H3,(H,27,28)/t21-/m1/s1. The number of ether oxygens (including phenoxy) is 2. The van der Waals surface area contributed by atoms with E-state index in [1.807, 2.05) is 0 Å². The third kappa shape index (κ3) is 21.3. The van der Waals surface area contributed by atoms with Gasteiger partial charge in [0.05, 0.1) is 13.2 Å². The lowest BCUT2D eigenvalue weighted by molar-refractivity contribution is -0.161. The molecule has 0 aliphatic carbocycles. The van der Waals surface area contributed by atoms with Crippen LogP contribution in [0.2, 0.25) is 0 Å². The number of phosphoric acid groups is 1. The van der Waals surface area contributed by atoms with E-state index in [9.17, 15) is 19.0 Å². The number of phosphoric ester groups is 1. The first-order valence-electron chi connectivity index (χ1n) is 12.5. The molecule has 0 bridgehead atoms. The minimum absolute atomic E-state index is 0.0562. The molecule has 0 spiro atoms. The largest absolute Gasteiger partial charge is 0.472 e. The molecule has 0 aromatic carbocycles. The van der Waals surface area contributed by atoms with Gasteiger partial charge in [0.2, 0.25) is 0 Å². The summed E-state index contributed by atoms with van der Waals surface area (Å²) in [6.07, 6.45) is 12.0. The topological polar surface area (TPSA) is 134 Å². The summed E-state index contributed by atoms with van der Waals surface area (Å²) in [7, 11) is -4.33. The molecule has 0 amide bonds. The Morgan fingerprint density at radius 3 is 1.85 bits per heavy atom. The summed E-state index contributed by atoms with van der Waals surface area (Å²) in [5, 5.41) is 0. The summed E-state index contributed by atoms with van der Waals surface area (Å²) in [6, 6.07) is 0. The van der Waals surface area contributed by atoms with Crippen molar-refractivity contribution in [3.63, 3.8) is 0 Å². The molecule has 0 rings (SSSR count). The maximum absolute atomic E-state index is 12.2. The number of nitrogens with two attached hydrogens (primary N) is 1. The van der Waals surface area contributed by atoms with Gasteiger partial charge in [-0.3, -0.25) is 18.6 Å². The van der Waals surface area contributed by atoms with Crippen molar-refractivity contribution in [3.8, 4) is 0 Å². The number of hydrogen-bond acceptors (Lipinski definition) is 8. The Morgan fingerprint density at radius 2 is 1.30 bits per heavy atom. The second kappa shape index (κ2) is 21.5. The maximum Gasteiger partial charge on any atom is 0.472 e. The Balaban J connectivity index is 4.45. The molecule has 10 heteroatoms. The molecular formula is C23H46NO8P. The minimum Gasteiger partial charge on any atom is -0.462 e. The van der Waals surface area contributed by atoms with Crippen LogP contribution in [0.5, 0.6) is 0 Å². The van der Waals surface area contributed by atoms with E-state index in [1.54, 1.807) is 0 Å². The average Bonchev–Trinajstić information content (AvgIpc) is 2.79. The number of esters is 2. The molecule has 3 N–H and O–H groups in total. The quantitative estimate of drug-likeness (QED) is 0.114. The highest BCUT2D eigenvalue weighted by Gasteiger charge is 2.25. The average molecular weight is 496 g/mol. The third-order valence-corrected chi connectivity index (χ3v) is 5.98. The number of rotatable bonds is 23. The first-order valence-corrected chi connectivity index (χ1v) is 14.0. The fourth-order valence-corrected chi connectivity index (χ4v) is 3.87. The fourth-order valence-electron chi connectivity index (χ4n) is 3.10. The third-order valence-electron chi connectivity index (χ3n) is 4.99. The van der Waals surface area contributed by atoms with E-state index >= 15 is 0 Å². The molecule has 0 fully saturated rings. The van der Waals surface area contributed by atoms with Gasteiger partial charge >= 0.3 is 19.8 Å². The molecule has 0 saturated carbocycles. The van der Waals surface area contributed by atoms with Crippen LogP contribution in [0.25, 0.3) is 0 Å². The molecule has 0 aromatic heterocycles. The number of carbonyl (C=O) groups is 2. The van der Waals surface area contributed by atoms with E-state index in [0.29, 0.717) is 6.42 Å². The van der Waals surface area contributed by atoms with Crippen LogP contribution >= 0.6 is 7.82 Å². The zero-order chi connectivity index (χ0) is 24.8. The van der Waals surface area contributed by atoms with E-state index in [4.69, 9.17) is 19.7 Å². The van der Waals surface area contributed by atoms with Gasteiger partial charge in [0.1, 0.15) is 6.61 Å². The smallest absolute Gasteiger partial charge is 0.462 e. The van der Waals surface area contributed by atoms with Crippen LogP contribution in [0.3, 0.4) is 0 Å². The van der Waals surface area contributed by atoms with E-state index in [0.717, 1.165) is 51.4 Å². The Labute approximate surface area is 199 Å². The highest BCUT2D eigenvalue weighted by molar-refractivity contribution is 7.47. The van der Waals surface area contributed by atoms with Crippen molar-refractivity contribution in [2.45, 2.75) is 110 Å². The lowest BCUT2D eigenvalue weighted by atomic mass is 10.1. The molecule has 9 nitrogen and oxygen atoms in total. The Bertz CT molecular complexity index is 547. The van der Waals surface area contributed by atoms with Crippen molar-refractivity contribution in [2.24, 2.45) is 5.73 Å². The van der Waals surface area contributed by atoms with Gasteiger partial charge in [-0.15, -0.1) is 0 Å². The lowest BCUT2D eigenvalue weighted by Gasteiger charge is -2.19. The number of hydrogen-bond donors (Lipinski definition) is 2. The summed E-state index contributed by atoms with van der Waals surface area (Å²) in [5.74, 6) is -0.851. The van der Waals surface area contributed by atoms with Crippen LogP contribution in [-0.4, -0.2) is 49.3 Å². The van der Waals surface area contributed by atoms with Gasteiger partial charge in [0.15, 0.2) is 6.10 Å². The second-order valence-corrected chi connectivity index (χ2v) is 9.67. The molecule has 0 saturated heterocycles. The van der Waals surface area contributed by atoms with Crippen LogP contribution in [-0.2, 0) is 32.7 Å². The fraction of sp³-hybridized carbons (Fsp3) is 0.913. The second-order valence-electron chi connectivity index (χ2n) is 8.22. The molecule has 0 radical (unpaired) electrons. The maximum atomic E-state index is 12.2. The zero-order valence-corrected chi connectivity index (χ0v) is 21.5. The monoisotopic (exact) mass is 495 g/mol. The highest BCUT2D eigenvalue weighted by atomic mass is 31.2. The van der Waals surface area contributed by atoms with Crippen molar-refractivity contribution in [1.82, 2.24) is 0 Å². The summed E-state index contributed by atoms with van der Waals surface area (Å²) in [5.41, 5.74) is 5.26. The van der Waals surface area contributed by atoms with E-state index in [-0.39, 0.29) is 32.6 Å². The van der Waals surface area contributed by atoms with Crippen molar-refractivity contribution in [1.29, 1.82) is 0 Å². The summed E-state index contributed by atoms with van der Waals surface area (Å²) in [4.78, 5) is 33.9. The lowest BCUT2D eigenvalue weighted by Crippen LogP contribution is -2.29. The molecule has 0 aliphatic rings. The van der Waals surface area contributed by atoms with Gasteiger partial charge in [0.25, 0.3) is 0 Å². The van der Waals surface area contributed by atoms with E-state index in [2.05, 4.69) is 18.4 Å². The predicted molar refractivity (Wildman–Crippen MR) is 128 cm³/mol. The zero-order valence-electron chi connectivity index (χ0n) is 20.6. The number of carbonyl (C=O) groups excluding carboxylic acids is 2. The van der Waals surface area contributed by atoms with Gasteiger partial charge in [0, 0.05) is 19.4 Å². The van der Waals surface area contributed by atoms with Gasteiger partial charge in [-0.1, -0.05) is 78.1 Å². The van der Waals surface area contributed by atoms with Crippen LogP contribution < -0.4 is 5.73 Å². The predicted octanol–water partition coefficient (Wildman–Crippen LogP) is 5.03. The summed E-state index contributed by atoms with van der Waals surface area (Å²) in [6.45, 7) is 3.53. The Kier molecular flexibility index (Phi) is 20.9. The highest BCUT2D eigenvalue weighted by Crippen LogP contribution is 2.43. The molecular weight excluding hydrogens is 449 g/mol. The molecule has 0 aliphatic heterocycles. The van der Waals surface area contributed by atoms with Crippen LogP contribution in [0.4, 0.5) is 0 Å². The van der Waals surface area contributed by atoms with Gasteiger partial charge in [-0.2, -0.15) is 0 Å². The molecule has 0 aromatic rings. The van der Waals surface area contributed by atoms with Gasteiger partial charge in [-0.05, 0) is 12.8 Å². The SMILES string of the molecule is CCCCCCCCC(=O)OC[C@H](COP(=O)(O)OCCN)OC(=O)CCCCCCCC. The van der Waals surface area contributed by atoms with Crippen molar-refractivity contribution in [3.05, 3.63) is 0 Å². The molecule has 1 unspecified atom stereocenters. The van der Waals surface area contributed by atoms with E-state index < -0.39 is 32.5 Å². The molecule has 33 heavy (non-hydrogen) atoms. The molecule has 0 heterocycles.